The topological polar surface area (TPSA) is 66.0 Å². The molecule has 114 valence electrons. The predicted octanol–water partition coefficient (Wildman–Crippen LogP) is 0.673. The van der Waals surface area contributed by atoms with Crippen molar-refractivity contribution in [3.8, 4) is 0 Å². The predicted molar refractivity (Wildman–Crippen MR) is 89.2 cm³/mol. The second-order valence-electron chi connectivity index (χ2n) is 4.38. The summed E-state index contributed by atoms with van der Waals surface area (Å²) >= 11 is 0. The Kier molecular flexibility index (Phi) is 13.6. The number of carbonyl (C=O) groups excluding carboxylic acids is 1. The van der Waals surface area contributed by atoms with E-state index < -0.39 is 0 Å². The molecule has 0 saturated carbocycles. The molecular formula is C12H27IN4O2. The first-order valence-electron chi connectivity index (χ1n) is 6.25. The van der Waals surface area contributed by atoms with Gasteiger partial charge in [-0.25, -0.2) is 4.99 Å². The summed E-state index contributed by atoms with van der Waals surface area (Å²) in [6.45, 7) is 5.64. The summed E-state index contributed by atoms with van der Waals surface area (Å²) in [7, 11) is 5.10. The maximum atomic E-state index is 11.5. The second-order valence-corrected chi connectivity index (χ2v) is 4.38. The third-order valence-corrected chi connectivity index (χ3v) is 2.21. The fraction of sp³-hybridized carbons (Fsp3) is 0.833. The molecule has 6 nitrogen and oxygen atoms in total. The van der Waals surface area contributed by atoms with Crippen LogP contribution >= 0.6 is 24.0 Å². The molecule has 0 aliphatic carbocycles. The molecule has 0 heterocycles. The summed E-state index contributed by atoms with van der Waals surface area (Å²) in [6.07, 6.45) is 1.00. The number of hydrogen-bond donors (Lipinski definition) is 2. The monoisotopic (exact) mass is 386 g/mol. The molecule has 1 unspecified atom stereocenters. The molecule has 0 saturated heterocycles. The van der Waals surface area contributed by atoms with Crippen LogP contribution in [-0.4, -0.2) is 63.7 Å². The van der Waals surface area contributed by atoms with Crippen molar-refractivity contribution in [1.29, 1.82) is 0 Å². The van der Waals surface area contributed by atoms with Crippen molar-refractivity contribution in [2.45, 2.75) is 26.3 Å². The average Bonchev–Trinajstić information content (AvgIpc) is 2.32. The molecular weight excluding hydrogens is 359 g/mol. The van der Waals surface area contributed by atoms with E-state index in [1.54, 1.807) is 21.2 Å². The van der Waals surface area contributed by atoms with Crippen molar-refractivity contribution in [3.05, 3.63) is 0 Å². The van der Waals surface area contributed by atoms with E-state index in [0.29, 0.717) is 12.6 Å². The van der Waals surface area contributed by atoms with Gasteiger partial charge in [-0.15, -0.1) is 24.0 Å². The summed E-state index contributed by atoms with van der Waals surface area (Å²) in [5.41, 5.74) is 0. The van der Waals surface area contributed by atoms with E-state index in [2.05, 4.69) is 22.5 Å². The highest BCUT2D eigenvalue weighted by Gasteiger charge is 2.07. The normalized spacial score (nSPS) is 12.4. The SMILES string of the molecule is CCCNC(=NCC(=O)N(C)C)NC(C)COC.I. The number of rotatable bonds is 7. The van der Waals surface area contributed by atoms with E-state index in [0.717, 1.165) is 13.0 Å². The Bertz CT molecular complexity index is 272. The molecule has 0 fully saturated rings. The van der Waals surface area contributed by atoms with Gasteiger partial charge in [-0.3, -0.25) is 4.79 Å². The number of methoxy groups -OCH3 is 1. The molecule has 2 N–H and O–H groups in total. The van der Waals surface area contributed by atoms with Gasteiger partial charge < -0.3 is 20.3 Å². The number of halogens is 1. The van der Waals surface area contributed by atoms with E-state index in [-0.39, 0.29) is 42.5 Å². The number of nitrogens with one attached hydrogen (secondary N) is 2. The maximum Gasteiger partial charge on any atom is 0.243 e. The summed E-state index contributed by atoms with van der Waals surface area (Å²) in [4.78, 5) is 17.3. The van der Waals surface area contributed by atoms with Crippen molar-refractivity contribution in [3.63, 3.8) is 0 Å². The number of carbonyl (C=O) groups is 1. The van der Waals surface area contributed by atoms with Gasteiger partial charge >= 0.3 is 0 Å². The molecule has 0 bridgehead atoms. The van der Waals surface area contributed by atoms with Crippen molar-refractivity contribution < 1.29 is 9.53 Å². The first kappa shape index (κ1) is 20.7. The Balaban J connectivity index is 0. The van der Waals surface area contributed by atoms with Gasteiger partial charge in [0.25, 0.3) is 0 Å². The van der Waals surface area contributed by atoms with E-state index in [9.17, 15) is 4.79 Å². The van der Waals surface area contributed by atoms with E-state index >= 15 is 0 Å². The number of ether oxygens (including phenoxy) is 1. The quantitative estimate of drug-likeness (QED) is 0.384. The smallest absolute Gasteiger partial charge is 0.243 e. The van der Waals surface area contributed by atoms with Crippen LogP contribution in [0.1, 0.15) is 20.3 Å². The molecule has 19 heavy (non-hydrogen) atoms. The van der Waals surface area contributed by atoms with Gasteiger partial charge in [-0.2, -0.15) is 0 Å². The van der Waals surface area contributed by atoms with Crippen LogP contribution in [0.5, 0.6) is 0 Å². The number of aliphatic imine (C=N–C) groups is 1. The molecule has 0 spiro atoms. The summed E-state index contributed by atoms with van der Waals surface area (Å²) in [5.74, 6) is 0.628. The van der Waals surface area contributed by atoms with Crippen LogP contribution in [0.2, 0.25) is 0 Å². The molecule has 0 aliphatic rings. The highest BCUT2D eigenvalue weighted by Crippen LogP contribution is 1.86. The second kappa shape index (κ2) is 12.5. The molecule has 0 aromatic carbocycles. The van der Waals surface area contributed by atoms with Gasteiger partial charge in [0.1, 0.15) is 6.54 Å². The zero-order chi connectivity index (χ0) is 14.0. The van der Waals surface area contributed by atoms with Crippen molar-refractivity contribution >= 4 is 35.8 Å². The Morgan fingerprint density at radius 2 is 2.05 bits per heavy atom. The molecule has 1 atom stereocenters. The molecule has 1 amide bonds. The lowest BCUT2D eigenvalue weighted by Crippen LogP contribution is -2.44. The number of hydrogen-bond acceptors (Lipinski definition) is 3. The lowest BCUT2D eigenvalue weighted by Gasteiger charge is -2.17. The Hall–Kier alpha value is -0.570. The van der Waals surface area contributed by atoms with Crippen LogP contribution < -0.4 is 10.6 Å². The van der Waals surface area contributed by atoms with Gasteiger partial charge in [0.2, 0.25) is 5.91 Å². The molecule has 0 radical (unpaired) electrons. The zero-order valence-electron chi connectivity index (χ0n) is 12.5. The van der Waals surface area contributed by atoms with Gasteiger partial charge in [0, 0.05) is 33.8 Å². The van der Waals surface area contributed by atoms with Crippen LogP contribution in [0.15, 0.2) is 4.99 Å². The number of nitrogens with zero attached hydrogens (tertiary/aromatic N) is 2. The standard InChI is InChI=1S/C12H26N4O2.HI/c1-6-7-13-12(15-10(2)9-18-5)14-8-11(17)16(3)4;/h10H,6-9H2,1-5H3,(H2,13,14,15);1H. The first-order chi connectivity index (χ1) is 8.51. The fourth-order valence-corrected chi connectivity index (χ4v) is 1.21. The highest BCUT2D eigenvalue weighted by molar-refractivity contribution is 14.0. The molecule has 7 heteroatoms. The third kappa shape index (κ3) is 11.0. The molecule has 0 rings (SSSR count). The molecule has 0 aromatic rings. The maximum absolute atomic E-state index is 11.5. The van der Waals surface area contributed by atoms with Crippen LogP contribution in [0.3, 0.4) is 0 Å². The minimum Gasteiger partial charge on any atom is -0.383 e. The van der Waals surface area contributed by atoms with Gasteiger partial charge in [-0.05, 0) is 13.3 Å². The van der Waals surface area contributed by atoms with Gasteiger partial charge in [0.05, 0.1) is 6.61 Å². The highest BCUT2D eigenvalue weighted by atomic mass is 127. The zero-order valence-corrected chi connectivity index (χ0v) is 14.9. The van der Waals surface area contributed by atoms with Crippen LogP contribution in [0.25, 0.3) is 0 Å². The van der Waals surface area contributed by atoms with E-state index in [1.165, 1.54) is 4.90 Å². The lowest BCUT2D eigenvalue weighted by atomic mass is 10.4. The lowest BCUT2D eigenvalue weighted by molar-refractivity contribution is -0.127. The molecule has 0 aliphatic heterocycles. The van der Waals surface area contributed by atoms with Crippen LogP contribution in [0, 0.1) is 0 Å². The first-order valence-corrected chi connectivity index (χ1v) is 6.25. The Labute approximate surface area is 133 Å². The fourth-order valence-electron chi connectivity index (χ4n) is 1.21. The van der Waals surface area contributed by atoms with E-state index in [4.69, 9.17) is 4.74 Å². The van der Waals surface area contributed by atoms with Gasteiger partial charge in [0.15, 0.2) is 5.96 Å². The number of likely N-dealkylation sites (N-methyl/N-ethyl adjacent to an activating group) is 1. The summed E-state index contributed by atoms with van der Waals surface area (Å²) in [5, 5.41) is 6.36. The van der Waals surface area contributed by atoms with Crippen LogP contribution in [0.4, 0.5) is 0 Å². The average molecular weight is 386 g/mol. The van der Waals surface area contributed by atoms with Gasteiger partial charge in [-0.1, -0.05) is 6.92 Å². The van der Waals surface area contributed by atoms with Crippen molar-refractivity contribution in [1.82, 2.24) is 15.5 Å². The summed E-state index contributed by atoms with van der Waals surface area (Å²) < 4.78 is 5.05. The van der Waals surface area contributed by atoms with Crippen molar-refractivity contribution in [2.24, 2.45) is 4.99 Å². The number of guanidine groups is 1. The van der Waals surface area contributed by atoms with Crippen LogP contribution in [-0.2, 0) is 9.53 Å². The third-order valence-electron chi connectivity index (χ3n) is 2.21. The molecule has 0 aromatic heterocycles. The summed E-state index contributed by atoms with van der Waals surface area (Å²) in [6, 6.07) is 0.146. The largest absolute Gasteiger partial charge is 0.383 e. The number of amides is 1. The van der Waals surface area contributed by atoms with Crippen molar-refractivity contribution in [2.75, 3.05) is 40.9 Å². The van der Waals surface area contributed by atoms with E-state index in [1.807, 2.05) is 6.92 Å². The minimum atomic E-state index is -0.0213. The minimum absolute atomic E-state index is 0. The Morgan fingerprint density at radius 3 is 2.53 bits per heavy atom. The Morgan fingerprint density at radius 1 is 1.42 bits per heavy atom.